The van der Waals surface area contributed by atoms with Gasteiger partial charge in [-0.05, 0) is 32.1 Å². The average molecular weight is 485 g/mol. The standard InChI is InChI=1S/C25H40O9/c1-2-3-4-5-6-7-8-9-10-11-12-13-14-15-21(28)32-17-19(27)18-33-25-24(31)23(30)22(29)20(16-26)34-25/h3-4,6-7,9-10,12-13,19-20,22-27,29-31H,2,5,8,11,14-18H2,1H3/b4-3-,7-6-,10-9-,13-12-/t19-,20-,22+,23+,24-,25-/m1/s1. The van der Waals surface area contributed by atoms with Crippen LogP contribution in [-0.2, 0) is 19.0 Å². The second kappa shape index (κ2) is 18.5. The molecule has 0 radical (unpaired) electrons. The van der Waals surface area contributed by atoms with Crippen molar-refractivity contribution < 1.29 is 44.5 Å². The Labute approximate surface area is 201 Å². The first-order chi connectivity index (χ1) is 16.4. The zero-order chi connectivity index (χ0) is 25.2. The first-order valence-electron chi connectivity index (χ1n) is 11.8. The van der Waals surface area contributed by atoms with Crippen molar-refractivity contribution in [1.82, 2.24) is 0 Å². The van der Waals surface area contributed by atoms with Gasteiger partial charge < -0.3 is 39.7 Å². The van der Waals surface area contributed by atoms with Gasteiger partial charge in [-0.3, -0.25) is 4.79 Å². The van der Waals surface area contributed by atoms with E-state index < -0.39 is 49.4 Å². The maximum Gasteiger partial charge on any atom is 0.306 e. The number of carbonyl (C=O) groups excluding carboxylic acids is 1. The Hall–Kier alpha value is -1.85. The van der Waals surface area contributed by atoms with Crippen molar-refractivity contribution in [3.63, 3.8) is 0 Å². The van der Waals surface area contributed by atoms with Gasteiger partial charge in [0.05, 0.1) is 13.2 Å². The molecule has 1 aliphatic rings. The van der Waals surface area contributed by atoms with Crippen molar-refractivity contribution >= 4 is 5.97 Å². The van der Waals surface area contributed by atoms with Gasteiger partial charge in [-0.25, -0.2) is 0 Å². The van der Waals surface area contributed by atoms with E-state index in [4.69, 9.17) is 19.3 Å². The molecule has 5 N–H and O–H groups in total. The highest BCUT2D eigenvalue weighted by atomic mass is 16.7. The van der Waals surface area contributed by atoms with Crippen LogP contribution < -0.4 is 0 Å². The van der Waals surface area contributed by atoms with Gasteiger partial charge in [-0.15, -0.1) is 0 Å². The van der Waals surface area contributed by atoms with Gasteiger partial charge in [0, 0.05) is 6.42 Å². The van der Waals surface area contributed by atoms with E-state index in [2.05, 4.69) is 43.4 Å². The molecule has 0 aliphatic carbocycles. The number of rotatable bonds is 16. The van der Waals surface area contributed by atoms with E-state index in [9.17, 15) is 25.2 Å². The predicted octanol–water partition coefficient (Wildman–Crippen LogP) is 1.29. The monoisotopic (exact) mass is 484 g/mol. The Morgan fingerprint density at radius 2 is 1.47 bits per heavy atom. The molecule has 0 aromatic carbocycles. The summed E-state index contributed by atoms with van der Waals surface area (Å²) in [6, 6.07) is 0. The number of carbonyl (C=O) groups is 1. The maximum atomic E-state index is 11.8. The van der Waals surface area contributed by atoms with Gasteiger partial charge in [0.2, 0.25) is 0 Å². The second-order valence-corrected chi connectivity index (χ2v) is 7.91. The molecule has 0 spiro atoms. The molecule has 6 atom stereocenters. The molecule has 1 aliphatic heterocycles. The normalized spacial score (nSPS) is 26.8. The van der Waals surface area contributed by atoms with Crippen LogP contribution in [0.25, 0.3) is 0 Å². The van der Waals surface area contributed by atoms with E-state index in [1.807, 2.05) is 12.2 Å². The smallest absolute Gasteiger partial charge is 0.306 e. The van der Waals surface area contributed by atoms with Crippen LogP contribution in [0.5, 0.6) is 0 Å². The van der Waals surface area contributed by atoms with Crippen LogP contribution in [0.15, 0.2) is 48.6 Å². The summed E-state index contributed by atoms with van der Waals surface area (Å²) >= 11 is 0. The number of ether oxygens (including phenoxy) is 3. The Morgan fingerprint density at radius 3 is 2.06 bits per heavy atom. The molecule has 0 saturated carbocycles. The van der Waals surface area contributed by atoms with Gasteiger partial charge in [0.15, 0.2) is 6.29 Å². The number of aliphatic hydroxyl groups excluding tert-OH is 5. The molecule has 1 fully saturated rings. The fraction of sp³-hybridized carbons (Fsp3) is 0.640. The Balaban J connectivity index is 2.13. The molecule has 194 valence electrons. The minimum Gasteiger partial charge on any atom is -0.463 e. The summed E-state index contributed by atoms with van der Waals surface area (Å²) in [4.78, 5) is 11.8. The predicted molar refractivity (Wildman–Crippen MR) is 127 cm³/mol. The molecule has 1 rings (SSSR count). The summed E-state index contributed by atoms with van der Waals surface area (Å²) in [7, 11) is 0. The number of hydrogen-bond donors (Lipinski definition) is 5. The van der Waals surface area contributed by atoms with Crippen LogP contribution in [0.3, 0.4) is 0 Å². The Morgan fingerprint density at radius 1 is 0.882 bits per heavy atom. The molecule has 34 heavy (non-hydrogen) atoms. The van der Waals surface area contributed by atoms with Crippen LogP contribution in [-0.4, -0.2) is 88.1 Å². The van der Waals surface area contributed by atoms with Crippen molar-refractivity contribution in [3.8, 4) is 0 Å². The third-order valence-electron chi connectivity index (χ3n) is 4.97. The summed E-state index contributed by atoms with van der Waals surface area (Å²) in [6.45, 7) is 0.890. The molecule has 1 saturated heterocycles. The molecule has 0 bridgehead atoms. The van der Waals surface area contributed by atoms with Crippen LogP contribution in [0.4, 0.5) is 0 Å². The van der Waals surface area contributed by atoms with Gasteiger partial charge in [-0.2, -0.15) is 0 Å². The minimum absolute atomic E-state index is 0.175. The van der Waals surface area contributed by atoms with Crippen molar-refractivity contribution in [2.45, 2.75) is 82.3 Å². The fourth-order valence-electron chi connectivity index (χ4n) is 3.02. The third-order valence-corrected chi connectivity index (χ3v) is 4.97. The number of allylic oxidation sites excluding steroid dienone is 8. The molecular formula is C25H40O9. The number of hydrogen-bond acceptors (Lipinski definition) is 9. The zero-order valence-corrected chi connectivity index (χ0v) is 19.8. The van der Waals surface area contributed by atoms with Crippen LogP contribution in [0.1, 0.15) is 45.4 Å². The summed E-state index contributed by atoms with van der Waals surface area (Å²) < 4.78 is 15.4. The van der Waals surface area contributed by atoms with Crippen molar-refractivity contribution in [3.05, 3.63) is 48.6 Å². The number of esters is 1. The average Bonchev–Trinajstić information content (AvgIpc) is 2.83. The topological polar surface area (TPSA) is 146 Å². The van der Waals surface area contributed by atoms with Crippen molar-refractivity contribution in [2.75, 3.05) is 19.8 Å². The molecule has 9 nitrogen and oxygen atoms in total. The highest BCUT2D eigenvalue weighted by molar-refractivity contribution is 5.69. The lowest BCUT2D eigenvalue weighted by Crippen LogP contribution is -2.59. The van der Waals surface area contributed by atoms with Crippen molar-refractivity contribution in [1.29, 1.82) is 0 Å². The number of aliphatic hydroxyl groups is 5. The van der Waals surface area contributed by atoms with E-state index in [1.165, 1.54) is 0 Å². The highest BCUT2D eigenvalue weighted by Gasteiger charge is 2.44. The summed E-state index contributed by atoms with van der Waals surface area (Å²) in [6.07, 6.45) is 12.7. The first-order valence-corrected chi connectivity index (χ1v) is 11.8. The van der Waals surface area contributed by atoms with E-state index in [-0.39, 0.29) is 19.6 Å². The largest absolute Gasteiger partial charge is 0.463 e. The lowest BCUT2D eigenvalue weighted by Gasteiger charge is -2.39. The van der Waals surface area contributed by atoms with E-state index >= 15 is 0 Å². The summed E-state index contributed by atoms with van der Waals surface area (Å²) in [5, 5.41) is 48.4. The molecule has 9 heteroatoms. The first kappa shape index (κ1) is 30.2. The summed E-state index contributed by atoms with van der Waals surface area (Å²) in [5.41, 5.74) is 0. The van der Waals surface area contributed by atoms with E-state index in [0.717, 1.165) is 25.7 Å². The molecule has 1 heterocycles. The van der Waals surface area contributed by atoms with Gasteiger partial charge >= 0.3 is 5.97 Å². The Kier molecular flexibility index (Phi) is 16.4. The fourth-order valence-corrected chi connectivity index (χ4v) is 3.02. The van der Waals surface area contributed by atoms with Crippen LogP contribution >= 0.6 is 0 Å². The lowest BCUT2D eigenvalue weighted by atomic mass is 9.99. The minimum atomic E-state index is -1.57. The van der Waals surface area contributed by atoms with Crippen LogP contribution in [0.2, 0.25) is 0 Å². The SMILES string of the molecule is CC/C=C\C/C=C\C/C=C\C/C=C\CCC(=O)OC[C@@H](O)CO[C@@H]1O[C@H](CO)[C@H](O)[C@H](O)[C@H]1O. The highest BCUT2D eigenvalue weighted by Crippen LogP contribution is 2.22. The zero-order valence-electron chi connectivity index (χ0n) is 19.8. The molecule has 0 aromatic heterocycles. The Bertz CT molecular complexity index is 657. The van der Waals surface area contributed by atoms with Gasteiger partial charge in [0.1, 0.15) is 37.1 Å². The molecule has 0 amide bonds. The van der Waals surface area contributed by atoms with E-state index in [0.29, 0.717) is 6.42 Å². The molecule has 0 unspecified atom stereocenters. The van der Waals surface area contributed by atoms with Gasteiger partial charge in [0.25, 0.3) is 0 Å². The van der Waals surface area contributed by atoms with Crippen molar-refractivity contribution in [2.24, 2.45) is 0 Å². The van der Waals surface area contributed by atoms with Gasteiger partial charge in [-0.1, -0.05) is 55.5 Å². The third kappa shape index (κ3) is 12.6. The van der Waals surface area contributed by atoms with E-state index in [1.54, 1.807) is 0 Å². The quantitative estimate of drug-likeness (QED) is 0.162. The maximum absolute atomic E-state index is 11.8. The lowest BCUT2D eigenvalue weighted by molar-refractivity contribution is -0.305. The second-order valence-electron chi connectivity index (χ2n) is 7.91. The molecule has 0 aromatic rings. The van der Waals surface area contributed by atoms with Crippen LogP contribution in [0, 0.1) is 0 Å². The summed E-state index contributed by atoms with van der Waals surface area (Å²) in [5.74, 6) is -0.464. The molecular weight excluding hydrogens is 444 g/mol.